The Labute approximate surface area is 94.3 Å². The molecule has 1 amide bonds. The molecule has 0 aliphatic heterocycles. The lowest BCUT2D eigenvalue weighted by Crippen LogP contribution is -2.28. The standard InChI is InChI=1S/C10H16N4O2/c1-3-14(6-7-15)9-5-4-8(12-13-9)10(16)11-2/h4-5,15H,3,6-7H2,1-2H3,(H,11,16). The van der Waals surface area contributed by atoms with Crippen LogP contribution in [0.15, 0.2) is 12.1 Å². The summed E-state index contributed by atoms with van der Waals surface area (Å²) in [5.74, 6) is 0.397. The number of hydrogen-bond donors (Lipinski definition) is 2. The Morgan fingerprint density at radius 1 is 1.50 bits per heavy atom. The number of likely N-dealkylation sites (N-methyl/N-ethyl adjacent to an activating group) is 1. The molecule has 0 spiro atoms. The molecule has 0 fully saturated rings. The van der Waals surface area contributed by atoms with Crippen molar-refractivity contribution in [2.45, 2.75) is 6.92 Å². The molecule has 6 nitrogen and oxygen atoms in total. The molecule has 88 valence electrons. The first-order valence-corrected chi connectivity index (χ1v) is 5.14. The van der Waals surface area contributed by atoms with Gasteiger partial charge in [0.05, 0.1) is 6.61 Å². The molecule has 0 saturated carbocycles. The van der Waals surface area contributed by atoms with Crippen LogP contribution >= 0.6 is 0 Å². The lowest BCUT2D eigenvalue weighted by molar-refractivity contribution is 0.0957. The molecule has 1 aromatic heterocycles. The highest BCUT2D eigenvalue weighted by atomic mass is 16.3. The van der Waals surface area contributed by atoms with Crippen molar-refractivity contribution >= 4 is 11.7 Å². The number of aliphatic hydroxyl groups excluding tert-OH is 1. The number of aromatic nitrogens is 2. The van der Waals surface area contributed by atoms with Crippen molar-refractivity contribution in [1.82, 2.24) is 15.5 Å². The van der Waals surface area contributed by atoms with Crippen molar-refractivity contribution in [3.05, 3.63) is 17.8 Å². The summed E-state index contributed by atoms with van der Waals surface area (Å²) in [6, 6.07) is 3.33. The second kappa shape index (κ2) is 6.02. The van der Waals surface area contributed by atoms with Gasteiger partial charge in [0, 0.05) is 20.1 Å². The van der Waals surface area contributed by atoms with Crippen LogP contribution in [0.1, 0.15) is 17.4 Å². The molecule has 1 aromatic rings. The monoisotopic (exact) mass is 224 g/mol. The molecule has 0 unspecified atom stereocenters. The largest absolute Gasteiger partial charge is 0.395 e. The molecule has 1 heterocycles. The highest BCUT2D eigenvalue weighted by molar-refractivity contribution is 5.91. The minimum absolute atomic E-state index is 0.0622. The number of hydrogen-bond acceptors (Lipinski definition) is 5. The molecular weight excluding hydrogens is 208 g/mol. The van der Waals surface area contributed by atoms with E-state index >= 15 is 0 Å². The van der Waals surface area contributed by atoms with Gasteiger partial charge in [0.1, 0.15) is 0 Å². The first-order valence-electron chi connectivity index (χ1n) is 5.14. The summed E-state index contributed by atoms with van der Waals surface area (Å²) in [6.07, 6.45) is 0. The highest BCUT2D eigenvalue weighted by Gasteiger charge is 2.08. The Morgan fingerprint density at radius 2 is 2.25 bits per heavy atom. The van der Waals surface area contributed by atoms with E-state index in [0.717, 1.165) is 6.54 Å². The quantitative estimate of drug-likeness (QED) is 0.715. The van der Waals surface area contributed by atoms with Crippen molar-refractivity contribution < 1.29 is 9.90 Å². The second-order valence-electron chi connectivity index (χ2n) is 3.16. The summed E-state index contributed by atoms with van der Waals surface area (Å²) in [5.41, 5.74) is 0.284. The third-order valence-electron chi connectivity index (χ3n) is 2.19. The number of carbonyl (C=O) groups excluding carboxylic acids is 1. The van der Waals surface area contributed by atoms with E-state index in [0.29, 0.717) is 12.4 Å². The van der Waals surface area contributed by atoms with Gasteiger partial charge in [-0.05, 0) is 19.1 Å². The molecule has 0 aliphatic carbocycles. The maximum Gasteiger partial charge on any atom is 0.271 e. The van der Waals surface area contributed by atoms with Crippen LogP contribution in [0.3, 0.4) is 0 Å². The molecule has 2 N–H and O–H groups in total. The number of nitrogens with zero attached hydrogens (tertiary/aromatic N) is 3. The fraction of sp³-hybridized carbons (Fsp3) is 0.500. The van der Waals surface area contributed by atoms with Gasteiger partial charge in [-0.1, -0.05) is 0 Å². The van der Waals surface area contributed by atoms with E-state index in [2.05, 4.69) is 15.5 Å². The van der Waals surface area contributed by atoms with Crippen LogP contribution in [-0.2, 0) is 0 Å². The topological polar surface area (TPSA) is 78.4 Å². The van der Waals surface area contributed by atoms with Gasteiger partial charge >= 0.3 is 0 Å². The maximum absolute atomic E-state index is 11.2. The number of amides is 1. The lowest BCUT2D eigenvalue weighted by Gasteiger charge is -2.19. The van der Waals surface area contributed by atoms with Crippen molar-refractivity contribution in [2.24, 2.45) is 0 Å². The van der Waals surface area contributed by atoms with Crippen LogP contribution in [-0.4, -0.2) is 48.0 Å². The van der Waals surface area contributed by atoms with Crippen LogP contribution < -0.4 is 10.2 Å². The third kappa shape index (κ3) is 2.90. The van der Waals surface area contributed by atoms with Crippen LogP contribution in [0.2, 0.25) is 0 Å². The van der Waals surface area contributed by atoms with E-state index in [4.69, 9.17) is 5.11 Å². The predicted molar refractivity (Wildman–Crippen MR) is 60.4 cm³/mol. The van der Waals surface area contributed by atoms with Crippen LogP contribution in [0, 0.1) is 0 Å². The highest BCUT2D eigenvalue weighted by Crippen LogP contribution is 2.08. The molecule has 0 atom stereocenters. The molecule has 0 radical (unpaired) electrons. The Hall–Kier alpha value is -1.69. The van der Waals surface area contributed by atoms with Gasteiger partial charge in [-0.2, -0.15) is 0 Å². The number of nitrogens with one attached hydrogen (secondary N) is 1. The van der Waals surface area contributed by atoms with Gasteiger partial charge in [0.2, 0.25) is 0 Å². The van der Waals surface area contributed by atoms with Crippen LogP contribution in [0.4, 0.5) is 5.82 Å². The summed E-state index contributed by atoms with van der Waals surface area (Å²) in [7, 11) is 1.54. The molecular formula is C10H16N4O2. The maximum atomic E-state index is 11.2. The number of aliphatic hydroxyl groups is 1. The molecule has 0 bridgehead atoms. The van der Waals surface area contributed by atoms with Crippen LogP contribution in [0.5, 0.6) is 0 Å². The average Bonchev–Trinajstić information content (AvgIpc) is 2.35. The van der Waals surface area contributed by atoms with Crippen molar-refractivity contribution in [2.75, 3.05) is 31.6 Å². The summed E-state index contributed by atoms with van der Waals surface area (Å²) < 4.78 is 0. The Bertz CT molecular complexity index is 339. The average molecular weight is 224 g/mol. The SMILES string of the molecule is CCN(CCO)c1ccc(C(=O)NC)nn1. The molecule has 0 saturated heterocycles. The molecule has 16 heavy (non-hydrogen) atoms. The normalized spacial score (nSPS) is 9.94. The third-order valence-corrected chi connectivity index (χ3v) is 2.19. The smallest absolute Gasteiger partial charge is 0.271 e. The number of anilines is 1. The molecule has 0 aliphatic rings. The predicted octanol–water partition coefficient (Wildman–Crippen LogP) is -0.345. The van der Waals surface area contributed by atoms with E-state index < -0.39 is 0 Å². The number of rotatable bonds is 5. The summed E-state index contributed by atoms with van der Waals surface area (Å²) >= 11 is 0. The van der Waals surface area contributed by atoms with E-state index in [1.54, 1.807) is 19.2 Å². The Kier molecular flexibility index (Phi) is 4.65. The van der Waals surface area contributed by atoms with E-state index in [1.165, 1.54) is 0 Å². The first kappa shape index (κ1) is 12.4. The lowest BCUT2D eigenvalue weighted by atomic mass is 10.3. The van der Waals surface area contributed by atoms with Crippen molar-refractivity contribution in [3.63, 3.8) is 0 Å². The first-order chi connectivity index (χ1) is 7.72. The van der Waals surface area contributed by atoms with E-state index in [-0.39, 0.29) is 18.2 Å². The fourth-order valence-corrected chi connectivity index (χ4v) is 1.30. The Morgan fingerprint density at radius 3 is 2.69 bits per heavy atom. The van der Waals surface area contributed by atoms with Gasteiger partial charge in [-0.3, -0.25) is 4.79 Å². The van der Waals surface area contributed by atoms with Crippen molar-refractivity contribution in [3.8, 4) is 0 Å². The minimum atomic E-state index is -0.260. The van der Waals surface area contributed by atoms with Crippen molar-refractivity contribution in [1.29, 1.82) is 0 Å². The van der Waals surface area contributed by atoms with E-state index in [1.807, 2.05) is 11.8 Å². The minimum Gasteiger partial charge on any atom is -0.395 e. The fourth-order valence-electron chi connectivity index (χ4n) is 1.30. The van der Waals surface area contributed by atoms with Gasteiger partial charge in [-0.15, -0.1) is 10.2 Å². The zero-order valence-corrected chi connectivity index (χ0v) is 9.47. The van der Waals surface area contributed by atoms with Gasteiger partial charge in [0.25, 0.3) is 5.91 Å². The second-order valence-corrected chi connectivity index (χ2v) is 3.16. The Balaban J connectivity index is 2.80. The zero-order valence-electron chi connectivity index (χ0n) is 9.47. The summed E-state index contributed by atoms with van der Waals surface area (Å²) in [6.45, 7) is 3.26. The number of carbonyl (C=O) groups is 1. The molecule has 1 rings (SSSR count). The van der Waals surface area contributed by atoms with Gasteiger partial charge in [-0.25, -0.2) is 0 Å². The summed E-state index contributed by atoms with van der Waals surface area (Å²) in [4.78, 5) is 13.1. The van der Waals surface area contributed by atoms with E-state index in [9.17, 15) is 4.79 Å². The zero-order chi connectivity index (χ0) is 12.0. The van der Waals surface area contributed by atoms with Crippen LogP contribution in [0.25, 0.3) is 0 Å². The van der Waals surface area contributed by atoms with Gasteiger partial charge in [0.15, 0.2) is 11.5 Å². The van der Waals surface area contributed by atoms with Gasteiger partial charge < -0.3 is 15.3 Å². The summed E-state index contributed by atoms with van der Waals surface area (Å²) in [5, 5.41) is 19.1. The molecule has 6 heteroatoms. The molecule has 0 aromatic carbocycles.